The van der Waals surface area contributed by atoms with Gasteiger partial charge in [0.25, 0.3) is 0 Å². The maximum atomic E-state index is 2.34. The van der Waals surface area contributed by atoms with E-state index in [4.69, 9.17) is 0 Å². The number of rotatable bonds is 2. The molecule has 0 radical (unpaired) electrons. The van der Waals surface area contributed by atoms with Crippen molar-refractivity contribution >= 4 is 32.7 Å². The lowest BCUT2D eigenvalue weighted by atomic mass is 9.67. The average Bonchev–Trinajstić information content (AvgIpc) is 2.77. The van der Waals surface area contributed by atoms with Crippen LogP contribution in [-0.2, 0) is 0 Å². The molecular formula is C34H30. The summed E-state index contributed by atoms with van der Waals surface area (Å²) in [5, 5.41) is 5.40. The second kappa shape index (κ2) is 7.43. The normalized spacial score (nSPS) is 12.9. The highest BCUT2D eigenvalue weighted by atomic mass is 14.4. The Bertz CT molecular complexity index is 1520. The Morgan fingerprint density at radius 1 is 0.353 bits per heavy atom. The lowest BCUT2D eigenvalue weighted by Gasteiger charge is -2.35. The summed E-state index contributed by atoms with van der Waals surface area (Å²) >= 11 is 0. The van der Waals surface area contributed by atoms with E-state index >= 15 is 0 Å². The van der Waals surface area contributed by atoms with Gasteiger partial charge in [0.05, 0.1) is 0 Å². The molecule has 5 aromatic carbocycles. The molecule has 5 aromatic rings. The predicted octanol–water partition coefficient (Wildman–Crippen LogP) is 9.16. The summed E-state index contributed by atoms with van der Waals surface area (Å²) in [6.07, 6.45) is 0. The first-order valence-electron chi connectivity index (χ1n) is 12.2. The minimum Gasteiger partial charge on any atom is -0.0616 e. The van der Waals surface area contributed by atoms with Crippen molar-refractivity contribution in [3.8, 4) is 0 Å². The maximum Gasteiger partial charge on any atom is -0.000720 e. The molecule has 0 aromatic heterocycles. The average molecular weight is 439 g/mol. The van der Waals surface area contributed by atoms with Gasteiger partial charge in [-0.15, -0.1) is 0 Å². The summed E-state index contributed by atoms with van der Waals surface area (Å²) in [6, 6.07) is 27.2. The fraction of sp³-hybridized carbons (Fsp3) is 0.176. The highest BCUT2D eigenvalue weighted by Crippen LogP contribution is 2.56. The Hall–Kier alpha value is -3.64. The predicted molar refractivity (Wildman–Crippen MR) is 148 cm³/mol. The third-order valence-electron chi connectivity index (χ3n) is 7.54. The van der Waals surface area contributed by atoms with Crippen molar-refractivity contribution in [3.05, 3.63) is 128 Å². The first-order valence-corrected chi connectivity index (χ1v) is 12.2. The number of aryl methyl sites for hydroxylation is 6. The molecule has 0 N–H and O–H groups in total. The second-order valence-corrected chi connectivity index (χ2v) is 10.1. The smallest absolute Gasteiger partial charge is 0.000720 e. The summed E-state index contributed by atoms with van der Waals surface area (Å²) in [6.45, 7) is 13.5. The zero-order valence-electron chi connectivity index (χ0n) is 20.9. The van der Waals surface area contributed by atoms with Crippen molar-refractivity contribution in [2.24, 2.45) is 0 Å². The van der Waals surface area contributed by atoms with Crippen LogP contribution in [0.25, 0.3) is 32.7 Å². The van der Waals surface area contributed by atoms with E-state index in [2.05, 4.69) is 114 Å². The summed E-state index contributed by atoms with van der Waals surface area (Å²) < 4.78 is 0. The van der Waals surface area contributed by atoms with E-state index in [-0.39, 0.29) is 0 Å². The molecule has 0 saturated heterocycles. The van der Waals surface area contributed by atoms with Crippen LogP contribution in [0.1, 0.15) is 55.6 Å². The van der Waals surface area contributed by atoms with Gasteiger partial charge in [0.15, 0.2) is 0 Å². The van der Waals surface area contributed by atoms with Crippen molar-refractivity contribution in [2.45, 2.75) is 41.5 Å². The van der Waals surface area contributed by atoms with Crippen LogP contribution in [0.3, 0.4) is 0 Å². The highest BCUT2D eigenvalue weighted by molar-refractivity contribution is 6.30. The molecule has 0 unspecified atom stereocenters. The SMILES string of the molecule is Cc1cc(C)c(C2=C(c3c(C)cc(C)cc3C)c3c2c2ccccc2c2ccccc32)c(C)c1. The Labute approximate surface area is 202 Å². The molecule has 0 bridgehead atoms. The number of benzene rings is 5. The van der Waals surface area contributed by atoms with Crippen LogP contribution in [0.15, 0.2) is 72.8 Å². The zero-order valence-corrected chi connectivity index (χ0v) is 20.9. The number of hydrogen-bond donors (Lipinski definition) is 0. The van der Waals surface area contributed by atoms with E-state index < -0.39 is 0 Å². The molecule has 0 fully saturated rings. The number of hydrogen-bond acceptors (Lipinski definition) is 0. The molecular weight excluding hydrogens is 408 g/mol. The molecule has 0 saturated carbocycles. The van der Waals surface area contributed by atoms with E-state index in [0.717, 1.165) is 0 Å². The minimum atomic E-state index is 1.33. The molecule has 34 heavy (non-hydrogen) atoms. The van der Waals surface area contributed by atoms with Gasteiger partial charge in [-0.25, -0.2) is 0 Å². The Morgan fingerprint density at radius 3 is 0.971 bits per heavy atom. The van der Waals surface area contributed by atoms with E-state index in [1.807, 2.05) is 0 Å². The molecule has 0 nitrogen and oxygen atoms in total. The summed E-state index contributed by atoms with van der Waals surface area (Å²) in [5.41, 5.74) is 16.5. The van der Waals surface area contributed by atoms with Crippen molar-refractivity contribution in [2.75, 3.05) is 0 Å². The van der Waals surface area contributed by atoms with Gasteiger partial charge in [-0.05, 0) is 119 Å². The summed E-state index contributed by atoms with van der Waals surface area (Å²) in [7, 11) is 0. The molecule has 1 aliphatic carbocycles. The van der Waals surface area contributed by atoms with Gasteiger partial charge in [-0.2, -0.15) is 0 Å². The standard InChI is InChI=1S/C34H30/c1-19-15-21(3)29(22(4)16-19)33-31-27-13-9-7-11-25(27)26-12-8-10-14-28(26)32(31)34(33)30-23(5)17-20(2)18-24(30)6/h7-18H,1-6H3. The van der Waals surface area contributed by atoms with Crippen LogP contribution < -0.4 is 0 Å². The molecule has 0 spiro atoms. The van der Waals surface area contributed by atoms with E-state index in [0.29, 0.717) is 0 Å². The van der Waals surface area contributed by atoms with Gasteiger partial charge in [0, 0.05) is 0 Å². The lowest BCUT2D eigenvalue weighted by Crippen LogP contribution is -2.15. The second-order valence-electron chi connectivity index (χ2n) is 10.1. The summed E-state index contributed by atoms with van der Waals surface area (Å²) in [4.78, 5) is 0. The Morgan fingerprint density at radius 2 is 0.647 bits per heavy atom. The van der Waals surface area contributed by atoms with Gasteiger partial charge in [0.2, 0.25) is 0 Å². The van der Waals surface area contributed by atoms with Gasteiger partial charge in [-0.3, -0.25) is 0 Å². The van der Waals surface area contributed by atoms with Gasteiger partial charge in [-0.1, -0.05) is 83.9 Å². The van der Waals surface area contributed by atoms with Gasteiger partial charge >= 0.3 is 0 Å². The van der Waals surface area contributed by atoms with Crippen molar-refractivity contribution < 1.29 is 0 Å². The minimum absolute atomic E-state index is 1.33. The van der Waals surface area contributed by atoms with Crippen molar-refractivity contribution in [1.82, 2.24) is 0 Å². The molecule has 1 aliphatic rings. The summed E-state index contributed by atoms with van der Waals surface area (Å²) in [5.74, 6) is 0. The van der Waals surface area contributed by atoms with Crippen LogP contribution in [-0.4, -0.2) is 0 Å². The Balaban J connectivity index is 1.84. The lowest BCUT2D eigenvalue weighted by molar-refractivity contribution is 1.26. The molecule has 0 aliphatic heterocycles. The third kappa shape index (κ3) is 2.85. The first-order chi connectivity index (χ1) is 16.4. The van der Waals surface area contributed by atoms with Crippen molar-refractivity contribution in [3.63, 3.8) is 0 Å². The molecule has 0 heterocycles. The fourth-order valence-corrected chi connectivity index (χ4v) is 6.50. The molecule has 0 heteroatoms. The maximum absolute atomic E-state index is 2.34. The van der Waals surface area contributed by atoms with E-state index in [9.17, 15) is 0 Å². The first kappa shape index (κ1) is 20.9. The van der Waals surface area contributed by atoms with Crippen LogP contribution >= 0.6 is 0 Å². The third-order valence-corrected chi connectivity index (χ3v) is 7.54. The number of fused-ring (bicyclic) bond motifs is 6. The quantitative estimate of drug-likeness (QED) is 0.236. The molecule has 0 atom stereocenters. The van der Waals surface area contributed by atoms with E-state index in [1.165, 1.54) is 88.3 Å². The topological polar surface area (TPSA) is 0 Å². The van der Waals surface area contributed by atoms with Crippen molar-refractivity contribution in [1.29, 1.82) is 0 Å². The monoisotopic (exact) mass is 438 g/mol. The molecule has 6 rings (SSSR count). The molecule has 0 amide bonds. The van der Waals surface area contributed by atoms with Crippen LogP contribution in [0.4, 0.5) is 0 Å². The van der Waals surface area contributed by atoms with Gasteiger partial charge < -0.3 is 0 Å². The van der Waals surface area contributed by atoms with Crippen LogP contribution in [0.2, 0.25) is 0 Å². The van der Waals surface area contributed by atoms with E-state index in [1.54, 1.807) is 0 Å². The van der Waals surface area contributed by atoms with Crippen LogP contribution in [0.5, 0.6) is 0 Å². The molecule has 166 valence electrons. The zero-order chi connectivity index (χ0) is 23.7. The fourth-order valence-electron chi connectivity index (χ4n) is 6.50. The Kier molecular flexibility index (Phi) is 4.58. The van der Waals surface area contributed by atoms with Gasteiger partial charge in [0.1, 0.15) is 0 Å². The largest absolute Gasteiger partial charge is 0.0616 e. The van der Waals surface area contributed by atoms with Crippen LogP contribution in [0, 0.1) is 41.5 Å². The highest BCUT2D eigenvalue weighted by Gasteiger charge is 2.35.